The highest BCUT2D eigenvalue weighted by Crippen LogP contribution is 2.19. The number of hydrogen-bond donors (Lipinski definition) is 3. The van der Waals surface area contributed by atoms with Crippen molar-refractivity contribution in [1.29, 1.82) is 5.41 Å². The van der Waals surface area contributed by atoms with E-state index in [-0.39, 0.29) is 24.1 Å². The van der Waals surface area contributed by atoms with Gasteiger partial charge in [0.1, 0.15) is 5.84 Å². The van der Waals surface area contributed by atoms with Crippen LogP contribution in [0.4, 0.5) is 0 Å². The molecule has 3 rings (SSSR count). The van der Waals surface area contributed by atoms with E-state index in [1.807, 2.05) is 47.2 Å². The lowest BCUT2D eigenvalue weighted by atomic mass is 10.1. The van der Waals surface area contributed by atoms with Crippen LogP contribution < -0.4 is 11.1 Å². The number of amidine groups is 1. The molecule has 0 aliphatic heterocycles. The van der Waals surface area contributed by atoms with Crippen LogP contribution in [0.1, 0.15) is 22.8 Å². The van der Waals surface area contributed by atoms with E-state index in [9.17, 15) is 4.79 Å². The Hall–Kier alpha value is -3.16. The average molecular weight is 400 g/mol. The Balaban J connectivity index is 0.00000280. The Morgan fingerprint density at radius 1 is 1.21 bits per heavy atom. The molecule has 1 unspecified atom stereocenters. The summed E-state index contributed by atoms with van der Waals surface area (Å²) in [6, 6.07) is 14.7. The van der Waals surface area contributed by atoms with E-state index in [0.29, 0.717) is 12.1 Å². The maximum Gasteiger partial charge on any atom is 0.254 e. The fourth-order valence-corrected chi connectivity index (χ4v) is 2.71. The highest BCUT2D eigenvalue weighted by Gasteiger charge is 2.19. The Kier molecular flexibility index (Phi) is 7.31. The number of methoxy groups -OCH3 is 1. The number of ether oxygens (including phenoxy) is 1. The van der Waals surface area contributed by atoms with Crippen LogP contribution in [-0.4, -0.2) is 28.4 Å². The molecule has 0 radical (unpaired) electrons. The molecule has 0 bridgehead atoms. The minimum atomic E-state index is -0.696. The van der Waals surface area contributed by atoms with Crippen LogP contribution in [0.5, 0.6) is 0 Å². The molecule has 4 N–H and O–H groups in total. The number of rotatable bonds is 7. The maximum atomic E-state index is 12.5. The van der Waals surface area contributed by atoms with Gasteiger partial charge in [0.2, 0.25) is 0 Å². The van der Waals surface area contributed by atoms with Gasteiger partial charge in [0.05, 0.1) is 6.33 Å². The zero-order valence-electron chi connectivity index (χ0n) is 15.3. The number of nitrogens with one attached hydrogen (secondary N) is 2. The number of hydrogen-bond acceptors (Lipinski definition) is 4. The molecule has 146 valence electrons. The smallest absolute Gasteiger partial charge is 0.254 e. The van der Waals surface area contributed by atoms with Crippen molar-refractivity contribution in [2.24, 2.45) is 5.73 Å². The lowest BCUT2D eigenvalue weighted by molar-refractivity contribution is -0.131. The number of nitrogen functional groups attached to an aromatic ring is 1. The first-order valence-electron chi connectivity index (χ1n) is 8.40. The van der Waals surface area contributed by atoms with Crippen LogP contribution >= 0.6 is 12.4 Å². The second kappa shape index (κ2) is 9.68. The number of carbonyl (C=O) groups excluding carboxylic acids is 1. The largest absolute Gasteiger partial charge is 0.384 e. The van der Waals surface area contributed by atoms with Crippen LogP contribution in [0, 0.1) is 5.41 Å². The van der Waals surface area contributed by atoms with Crippen molar-refractivity contribution in [1.82, 2.24) is 14.9 Å². The summed E-state index contributed by atoms with van der Waals surface area (Å²) in [6.45, 7) is 0.365. The van der Waals surface area contributed by atoms with Crippen LogP contribution in [0.2, 0.25) is 0 Å². The molecule has 8 heteroatoms. The SMILES string of the molecule is COC(C(=O)NCc1ccc(C(=N)N)cc1)c1ccc(-n2ccnc2)cc1.Cl. The van der Waals surface area contributed by atoms with Gasteiger partial charge in [0.15, 0.2) is 6.10 Å². The fourth-order valence-electron chi connectivity index (χ4n) is 2.71. The van der Waals surface area contributed by atoms with Crippen molar-refractivity contribution in [3.8, 4) is 5.69 Å². The highest BCUT2D eigenvalue weighted by molar-refractivity contribution is 5.94. The molecule has 1 atom stereocenters. The molecule has 28 heavy (non-hydrogen) atoms. The quantitative estimate of drug-likeness (QED) is 0.419. The minimum Gasteiger partial charge on any atom is -0.384 e. The van der Waals surface area contributed by atoms with Gasteiger partial charge in [0, 0.05) is 37.3 Å². The number of benzene rings is 2. The average Bonchev–Trinajstić information content (AvgIpc) is 3.22. The molecule has 0 aliphatic carbocycles. The Morgan fingerprint density at radius 2 is 1.89 bits per heavy atom. The van der Waals surface area contributed by atoms with Gasteiger partial charge in [-0.3, -0.25) is 10.2 Å². The minimum absolute atomic E-state index is 0. The molecule has 0 aliphatic rings. The van der Waals surface area contributed by atoms with Crippen molar-refractivity contribution in [3.63, 3.8) is 0 Å². The van der Waals surface area contributed by atoms with Crippen molar-refractivity contribution < 1.29 is 9.53 Å². The predicted octanol–water partition coefficient (Wildman–Crippen LogP) is 2.58. The Labute approximate surface area is 169 Å². The summed E-state index contributed by atoms with van der Waals surface area (Å²) in [5.74, 6) is -0.201. The lowest BCUT2D eigenvalue weighted by Gasteiger charge is -2.16. The van der Waals surface area contributed by atoms with Gasteiger partial charge < -0.3 is 20.4 Å². The van der Waals surface area contributed by atoms with Gasteiger partial charge in [-0.25, -0.2) is 4.98 Å². The monoisotopic (exact) mass is 399 g/mol. The van der Waals surface area contributed by atoms with Crippen LogP contribution in [0.3, 0.4) is 0 Å². The molecule has 0 fully saturated rings. The second-order valence-electron chi connectivity index (χ2n) is 6.01. The van der Waals surface area contributed by atoms with Gasteiger partial charge in [-0.15, -0.1) is 12.4 Å². The number of nitrogens with zero attached hydrogens (tertiary/aromatic N) is 2. The zero-order valence-corrected chi connectivity index (χ0v) is 16.1. The number of aromatic nitrogens is 2. The standard InChI is InChI=1S/C20H21N5O2.ClH/c1-27-18(15-6-8-17(9-7-15)25-11-10-23-13-25)20(26)24-12-14-2-4-16(5-3-14)19(21)22;/h2-11,13,18H,12H2,1H3,(H3,21,22)(H,24,26);1H. The first-order valence-corrected chi connectivity index (χ1v) is 8.40. The molecule has 0 saturated carbocycles. The Morgan fingerprint density at radius 3 is 2.43 bits per heavy atom. The topological polar surface area (TPSA) is 106 Å². The zero-order chi connectivity index (χ0) is 19.2. The molecule has 2 aromatic carbocycles. The number of imidazole rings is 1. The molecule has 3 aromatic rings. The van der Waals surface area contributed by atoms with E-state index >= 15 is 0 Å². The lowest BCUT2D eigenvalue weighted by Crippen LogP contribution is -2.30. The number of halogens is 1. The number of amides is 1. The van der Waals surface area contributed by atoms with Gasteiger partial charge >= 0.3 is 0 Å². The van der Waals surface area contributed by atoms with Gasteiger partial charge in [-0.1, -0.05) is 36.4 Å². The van der Waals surface area contributed by atoms with Crippen LogP contribution in [0.25, 0.3) is 5.69 Å². The summed E-state index contributed by atoms with van der Waals surface area (Å²) in [5.41, 5.74) is 8.73. The highest BCUT2D eigenvalue weighted by atomic mass is 35.5. The van der Waals surface area contributed by atoms with Crippen molar-refractivity contribution in [3.05, 3.63) is 83.9 Å². The third-order valence-electron chi connectivity index (χ3n) is 4.20. The summed E-state index contributed by atoms with van der Waals surface area (Å²) in [5, 5.41) is 10.3. The fraction of sp³-hybridized carbons (Fsp3) is 0.150. The molecule has 1 aromatic heterocycles. The predicted molar refractivity (Wildman–Crippen MR) is 110 cm³/mol. The van der Waals surface area contributed by atoms with E-state index in [1.54, 1.807) is 24.7 Å². The van der Waals surface area contributed by atoms with Crippen molar-refractivity contribution >= 4 is 24.1 Å². The van der Waals surface area contributed by atoms with Crippen molar-refractivity contribution in [2.75, 3.05) is 7.11 Å². The molecule has 0 spiro atoms. The second-order valence-corrected chi connectivity index (χ2v) is 6.01. The number of nitrogens with two attached hydrogens (primary N) is 1. The summed E-state index contributed by atoms with van der Waals surface area (Å²) in [7, 11) is 1.51. The summed E-state index contributed by atoms with van der Waals surface area (Å²) < 4.78 is 7.28. The molecule has 7 nitrogen and oxygen atoms in total. The summed E-state index contributed by atoms with van der Waals surface area (Å²) >= 11 is 0. The third kappa shape index (κ3) is 4.97. The normalized spacial score (nSPS) is 11.3. The van der Waals surface area contributed by atoms with E-state index in [0.717, 1.165) is 16.8 Å². The molecule has 0 saturated heterocycles. The maximum absolute atomic E-state index is 12.5. The van der Waals surface area contributed by atoms with Crippen LogP contribution in [-0.2, 0) is 16.1 Å². The van der Waals surface area contributed by atoms with Crippen molar-refractivity contribution in [2.45, 2.75) is 12.6 Å². The van der Waals surface area contributed by atoms with Gasteiger partial charge in [-0.2, -0.15) is 0 Å². The van der Waals surface area contributed by atoms with E-state index in [1.165, 1.54) is 7.11 Å². The first-order chi connectivity index (χ1) is 13.1. The summed E-state index contributed by atoms with van der Waals surface area (Å²) in [4.78, 5) is 16.6. The van der Waals surface area contributed by atoms with Gasteiger partial charge in [-0.05, 0) is 23.3 Å². The number of carbonyl (C=O) groups is 1. The molecular weight excluding hydrogens is 378 g/mol. The van der Waals surface area contributed by atoms with E-state index in [4.69, 9.17) is 15.9 Å². The third-order valence-corrected chi connectivity index (χ3v) is 4.20. The first kappa shape index (κ1) is 21.1. The molecule has 1 amide bonds. The van der Waals surface area contributed by atoms with E-state index in [2.05, 4.69) is 10.3 Å². The molecular formula is C20H22ClN5O2. The van der Waals surface area contributed by atoms with E-state index < -0.39 is 6.10 Å². The van der Waals surface area contributed by atoms with Crippen LogP contribution in [0.15, 0.2) is 67.3 Å². The Bertz CT molecular complexity index is 909. The summed E-state index contributed by atoms with van der Waals surface area (Å²) in [6.07, 6.45) is 4.58. The van der Waals surface area contributed by atoms with Gasteiger partial charge in [0.25, 0.3) is 5.91 Å². The molecule has 1 heterocycles.